The van der Waals surface area contributed by atoms with Gasteiger partial charge in [-0.15, -0.1) is 0 Å². The van der Waals surface area contributed by atoms with Gasteiger partial charge >= 0.3 is 6.03 Å². The SMILES string of the molecule is CN(C)c1ccccc1NC1CCN(C(N)=O)CC1. The third kappa shape index (κ3) is 3.30. The summed E-state index contributed by atoms with van der Waals surface area (Å²) in [5, 5.41) is 3.57. The van der Waals surface area contributed by atoms with Gasteiger partial charge in [-0.1, -0.05) is 12.1 Å². The fourth-order valence-electron chi connectivity index (χ4n) is 2.45. The summed E-state index contributed by atoms with van der Waals surface area (Å²) in [5.74, 6) is 0. The molecule has 0 saturated carbocycles. The molecule has 0 aromatic heterocycles. The van der Waals surface area contributed by atoms with Crippen LogP contribution in [0.3, 0.4) is 0 Å². The molecule has 1 heterocycles. The molecule has 0 atom stereocenters. The first-order chi connectivity index (χ1) is 9.08. The Labute approximate surface area is 114 Å². The lowest BCUT2D eigenvalue weighted by atomic mass is 10.0. The standard InChI is InChI=1S/C14H22N4O/c1-17(2)13-6-4-3-5-12(13)16-11-7-9-18(10-8-11)14(15)19/h3-6,11,16H,7-10H2,1-2H3,(H2,15,19). The molecular formula is C14H22N4O. The van der Waals surface area contributed by atoms with Crippen molar-refractivity contribution in [1.82, 2.24) is 4.90 Å². The maximum Gasteiger partial charge on any atom is 0.314 e. The number of hydrogen-bond acceptors (Lipinski definition) is 3. The van der Waals surface area contributed by atoms with Crippen LogP contribution >= 0.6 is 0 Å². The number of carbonyl (C=O) groups is 1. The molecule has 1 aliphatic heterocycles. The van der Waals surface area contributed by atoms with Gasteiger partial charge in [0, 0.05) is 33.2 Å². The Hall–Kier alpha value is -1.91. The lowest BCUT2D eigenvalue weighted by molar-refractivity contribution is 0.193. The van der Waals surface area contributed by atoms with E-state index in [0.717, 1.165) is 31.6 Å². The Balaban J connectivity index is 1.98. The number of likely N-dealkylation sites (tertiary alicyclic amines) is 1. The minimum absolute atomic E-state index is 0.313. The first kappa shape index (κ1) is 13.5. The van der Waals surface area contributed by atoms with Crippen molar-refractivity contribution in [3.63, 3.8) is 0 Å². The molecule has 1 fully saturated rings. The Morgan fingerprint density at radius 2 is 1.95 bits per heavy atom. The molecular weight excluding hydrogens is 240 g/mol. The monoisotopic (exact) mass is 262 g/mol. The molecule has 0 bridgehead atoms. The second kappa shape index (κ2) is 5.82. The van der Waals surface area contributed by atoms with Gasteiger partial charge in [0.25, 0.3) is 0 Å². The fourth-order valence-corrected chi connectivity index (χ4v) is 2.45. The number of nitrogens with zero attached hydrogens (tertiary/aromatic N) is 2. The molecule has 3 N–H and O–H groups in total. The van der Waals surface area contributed by atoms with Gasteiger partial charge in [0.2, 0.25) is 0 Å². The number of amides is 2. The van der Waals surface area contributed by atoms with Crippen molar-refractivity contribution in [2.45, 2.75) is 18.9 Å². The molecule has 0 radical (unpaired) electrons. The molecule has 2 amide bonds. The molecule has 1 aromatic rings. The molecule has 1 aromatic carbocycles. The molecule has 5 heteroatoms. The number of piperidine rings is 1. The van der Waals surface area contributed by atoms with E-state index < -0.39 is 0 Å². The van der Waals surface area contributed by atoms with Gasteiger partial charge in [0.1, 0.15) is 0 Å². The summed E-state index contributed by atoms with van der Waals surface area (Å²) < 4.78 is 0. The largest absolute Gasteiger partial charge is 0.381 e. The topological polar surface area (TPSA) is 61.6 Å². The highest BCUT2D eigenvalue weighted by molar-refractivity contribution is 5.72. The Morgan fingerprint density at radius 1 is 1.32 bits per heavy atom. The lowest BCUT2D eigenvalue weighted by Gasteiger charge is -2.32. The van der Waals surface area contributed by atoms with Crippen LogP contribution in [0, 0.1) is 0 Å². The van der Waals surface area contributed by atoms with E-state index in [1.807, 2.05) is 26.2 Å². The van der Waals surface area contributed by atoms with Crippen LogP contribution in [0.15, 0.2) is 24.3 Å². The van der Waals surface area contributed by atoms with E-state index in [0.29, 0.717) is 6.04 Å². The van der Waals surface area contributed by atoms with Crippen molar-refractivity contribution < 1.29 is 4.79 Å². The molecule has 2 rings (SSSR count). The van der Waals surface area contributed by atoms with Gasteiger partial charge in [0.15, 0.2) is 0 Å². The van der Waals surface area contributed by atoms with Gasteiger partial charge in [-0.2, -0.15) is 0 Å². The van der Waals surface area contributed by atoms with Crippen molar-refractivity contribution in [1.29, 1.82) is 0 Å². The van der Waals surface area contributed by atoms with Crippen molar-refractivity contribution in [3.05, 3.63) is 24.3 Å². The second-order valence-electron chi connectivity index (χ2n) is 5.16. The summed E-state index contributed by atoms with van der Waals surface area (Å²) >= 11 is 0. The van der Waals surface area contributed by atoms with Gasteiger partial charge in [-0.25, -0.2) is 4.79 Å². The van der Waals surface area contributed by atoms with Gasteiger partial charge in [0.05, 0.1) is 11.4 Å². The third-order valence-electron chi connectivity index (χ3n) is 3.55. The molecule has 104 valence electrons. The molecule has 0 unspecified atom stereocenters. The number of benzene rings is 1. The average molecular weight is 262 g/mol. The van der Waals surface area contributed by atoms with E-state index >= 15 is 0 Å². The minimum atomic E-state index is -0.313. The predicted octanol–water partition coefficient (Wildman–Crippen LogP) is 1.71. The highest BCUT2D eigenvalue weighted by Gasteiger charge is 2.21. The zero-order chi connectivity index (χ0) is 13.8. The maximum atomic E-state index is 11.1. The summed E-state index contributed by atoms with van der Waals surface area (Å²) in [4.78, 5) is 14.9. The fraction of sp³-hybridized carbons (Fsp3) is 0.500. The number of rotatable bonds is 3. The summed E-state index contributed by atoms with van der Waals surface area (Å²) in [6.07, 6.45) is 1.87. The van der Waals surface area contributed by atoms with E-state index in [-0.39, 0.29) is 6.03 Å². The van der Waals surface area contributed by atoms with Crippen molar-refractivity contribution >= 4 is 17.4 Å². The first-order valence-electron chi connectivity index (χ1n) is 6.65. The average Bonchev–Trinajstić information content (AvgIpc) is 2.39. The Bertz CT molecular complexity index is 439. The smallest absolute Gasteiger partial charge is 0.314 e. The zero-order valence-electron chi connectivity index (χ0n) is 11.6. The molecule has 0 spiro atoms. The van der Waals surface area contributed by atoms with Crippen molar-refractivity contribution in [2.24, 2.45) is 5.73 Å². The highest BCUT2D eigenvalue weighted by atomic mass is 16.2. The lowest BCUT2D eigenvalue weighted by Crippen LogP contribution is -2.44. The molecule has 5 nitrogen and oxygen atoms in total. The van der Waals surface area contributed by atoms with Crippen LogP contribution in [-0.2, 0) is 0 Å². The zero-order valence-corrected chi connectivity index (χ0v) is 11.6. The summed E-state index contributed by atoms with van der Waals surface area (Å²) in [7, 11) is 4.08. The molecule has 0 aliphatic carbocycles. The number of nitrogens with one attached hydrogen (secondary N) is 1. The number of primary amides is 1. The Morgan fingerprint density at radius 3 is 2.53 bits per heavy atom. The number of nitrogens with two attached hydrogens (primary N) is 1. The van der Waals surface area contributed by atoms with Crippen LogP contribution in [0.5, 0.6) is 0 Å². The number of urea groups is 1. The van der Waals surface area contributed by atoms with E-state index in [9.17, 15) is 4.79 Å². The van der Waals surface area contributed by atoms with Crippen LogP contribution in [-0.4, -0.2) is 44.2 Å². The highest BCUT2D eigenvalue weighted by Crippen LogP contribution is 2.26. The van der Waals surface area contributed by atoms with Crippen LogP contribution in [0.2, 0.25) is 0 Å². The van der Waals surface area contributed by atoms with Crippen molar-refractivity contribution in [2.75, 3.05) is 37.4 Å². The van der Waals surface area contributed by atoms with E-state index in [2.05, 4.69) is 22.3 Å². The quantitative estimate of drug-likeness (QED) is 0.871. The molecule has 19 heavy (non-hydrogen) atoms. The normalized spacial score (nSPS) is 16.2. The van der Waals surface area contributed by atoms with Crippen LogP contribution in [0.25, 0.3) is 0 Å². The van der Waals surface area contributed by atoms with Crippen LogP contribution in [0.4, 0.5) is 16.2 Å². The Kier molecular flexibility index (Phi) is 4.14. The summed E-state index contributed by atoms with van der Waals surface area (Å²) in [6.45, 7) is 1.47. The van der Waals surface area contributed by atoms with Gasteiger partial charge in [-0.05, 0) is 25.0 Å². The molecule has 1 aliphatic rings. The third-order valence-corrected chi connectivity index (χ3v) is 3.55. The number of anilines is 2. The molecule has 1 saturated heterocycles. The van der Waals surface area contributed by atoms with Crippen LogP contribution in [0.1, 0.15) is 12.8 Å². The number of carbonyl (C=O) groups excluding carboxylic acids is 1. The number of hydrogen-bond donors (Lipinski definition) is 2. The minimum Gasteiger partial charge on any atom is -0.381 e. The van der Waals surface area contributed by atoms with E-state index in [1.165, 1.54) is 5.69 Å². The predicted molar refractivity (Wildman–Crippen MR) is 78.6 cm³/mol. The van der Waals surface area contributed by atoms with E-state index in [4.69, 9.17) is 5.73 Å². The van der Waals surface area contributed by atoms with Crippen molar-refractivity contribution in [3.8, 4) is 0 Å². The number of para-hydroxylation sites is 2. The summed E-state index contributed by atoms with van der Waals surface area (Å²) in [5.41, 5.74) is 7.61. The van der Waals surface area contributed by atoms with Gasteiger partial charge in [-0.3, -0.25) is 0 Å². The van der Waals surface area contributed by atoms with Crippen LogP contribution < -0.4 is 16.0 Å². The summed E-state index contributed by atoms with van der Waals surface area (Å²) in [6, 6.07) is 8.35. The van der Waals surface area contributed by atoms with E-state index in [1.54, 1.807) is 4.90 Å². The maximum absolute atomic E-state index is 11.1. The first-order valence-corrected chi connectivity index (χ1v) is 6.65. The second-order valence-corrected chi connectivity index (χ2v) is 5.16. The van der Waals surface area contributed by atoms with Gasteiger partial charge < -0.3 is 20.9 Å².